The highest BCUT2D eigenvalue weighted by Gasteiger charge is 2.29. The molecule has 0 radical (unpaired) electrons. The Labute approximate surface area is 149 Å². The van der Waals surface area contributed by atoms with E-state index in [0.717, 1.165) is 46.6 Å². The third-order valence-corrected chi connectivity index (χ3v) is 5.84. The normalized spacial score (nSPS) is 20.0. The lowest BCUT2D eigenvalue weighted by Crippen LogP contribution is -2.46. The Bertz CT molecular complexity index is 853. The van der Waals surface area contributed by atoms with Gasteiger partial charge >= 0.3 is 0 Å². The molecular formula is C17H20N4O3S. The van der Waals surface area contributed by atoms with E-state index in [4.69, 9.17) is 4.74 Å². The smallest absolute Gasteiger partial charge is 0.280 e. The van der Waals surface area contributed by atoms with Crippen LogP contribution in [0.25, 0.3) is 10.2 Å². The summed E-state index contributed by atoms with van der Waals surface area (Å²) in [6.45, 7) is 4.43. The van der Waals surface area contributed by atoms with Crippen LogP contribution in [-0.2, 0) is 9.53 Å². The zero-order chi connectivity index (χ0) is 17.6. The van der Waals surface area contributed by atoms with Gasteiger partial charge < -0.3 is 4.74 Å². The van der Waals surface area contributed by atoms with Gasteiger partial charge in [0.1, 0.15) is 16.8 Å². The summed E-state index contributed by atoms with van der Waals surface area (Å²) in [6, 6.07) is 0. The number of thiophene rings is 1. The van der Waals surface area contributed by atoms with Gasteiger partial charge in [0.15, 0.2) is 0 Å². The average Bonchev–Trinajstić information content (AvgIpc) is 3.18. The highest BCUT2D eigenvalue weighted by atomic mass is 32.1. The monoisotopic (exact) mass is 360 g/mol. The Morgan fingerprint density at radius 3 is 2.64 bits per heavy atom. The lowest BCUT2D eigenvalue weighted by Gasteiger charge is -2.11. The number of amides is 2. The summed E-state index contributed by atoms with van der Waals surface area (Å²) in [5.74, 6) is 0.703. The van der Waals surface area contributed by atoms with E-state index in [0.29, 0.717) is 23.8 Å². The van der Waals surface area contributed by atoms with Crippen molar-refractivity contribution in [3.63, 3.8) is 0 Å². The number of rotatable bonds is 3. The third kappa shape index (κ3) is 3.11. The van der Waals surface area contributed by atoms with Gasteiger partial charge in [-0.25, -0.2) is 9.97 Å². The van der Waals surface area contributed by atoms with Crippen LogP contribution in [0.2, 0.25) is 0 Å². The number of aryl methyl sites for hydroxylation is 2. The van der Waals surface area contributed by atoms with Gasteiger partial charge in [-0.1, -0.05) is 0 Å². The molecule has 0 spiro atoms. The van der Waals surface area contributed by atoms with Crippen LogP contribution in [0.3, 0.4) is 0 Å². The first-order valence-electron chi connectivity index (χ1n) is 8.54. The maximum Gasteiger partial charge on any atom is 0.280 e. The molecule has 0 bridgehead atoms. The van der Waals surface area contributed by atoms with Crippen LogP contribution in [-0.4, -0.2) is 34.5 Å². The standard InChI is InChI=1S/C17H20N4O3S/c1-8-12-9(2)18-14(10-5-6-10)19-17(12)25-13(8)16(23)21-20-15(22)11-4-3-7-24-11/h10-11H,3-7H2,1-2H3,(H,20,22)(H,21,23)/t11-/m0/s1. The first-order valence-corrected chi connectivity index (χ1v) is 9.35. The fraction of sp³-hybridized carbons (Fsp3) is 0.529. The molecule has 3 heterocycles. The minimum atomic E-state index is -0.474. The number of nitrogens with zero attached hydrogens (tertiary/aromatic N) is 2. The zero-order valence-electron chi connectivity index (χ0n) is 14.2. The second-order valence-electron chi connectivity index (χ2n) is 6.62. The van der Waals surface area contributed by atoms with Crippen molar-refractivity contribution < 1.29 is 14.3 Å². The van der Waals surface area contributed by atoms with Crippen molar-refractivity contribution in [1.82, 2.24) is 20.8 Å². The number of hydrogen-bond donors (Lipinski definition) is 2. The van der Waals surface area contributed by atoms with Crippen LogP contribution >= 0.6 is 11.3 Å². The molecule has 2 aromatic rings. The van der Waals surface area contributed by atoms with Crippen LogP contribution < -0.4 is 10.9 Å². The molecule has 2 aromatic heterocycles. The number of hydrazine groups is 1. The molecule has 4 rings (SSSR count). The minimum absolute atomic E-state index is 0.309. The number of aromatic nitrogens is 2. The van der Waals surface area contributed by atoms with Gasteiger partial charge in [0, 0.05) is 17.9 Å². The molecule has 1 atom stereocenters. The Balaban J connectivity index is 1.53. The molecular weight excluding hydrogens is 340 g/mol. The van der Waals surface area contributed by atoms with Gasteiger partial charge in [-0.3, -0.25) is 20.4 Å². The van der Waals surface area contributed by atoms with Crippen molar-refractivity contribution in [1.29, 1.82) is 0 Å². The summed E-state index contributed by atoms with van der Waals surface area (Å²) in [7, 11) is 0. The van der Waals surface area contributed by atoms with Crippen molar-refractivity contribution in [2.75, 3.05) is 6.61 Å². The quantitative estimate of drug-likeness (QED) is 0.818. The van der Waals surface area contributed by atoms with Crippen molar-refractivity contribution >= 4 is 33.4 Å². The number of hydrogen-bond acceptors (Lipinski definition) is 6. The van der Waals surface area contributed by atoms with Crippen LogP contribution in [0, 0.1) is 13.8 Å². The van der Waals surface area contributed by atoms with Gasteiger partial charge in [0.25, 0.3) is 11.8 Å². The Kier molecular flexibility index (Phi) is 4.16. The molecule has 1 saturated carbocycles. The molecule has 25 heavy (non-hydrogen) atoms. The second-order valence-corrected chi connectivity index (χ2v) is 7.62. The number of carbonyl (C=O) groups excluding carboxylic acids is 2. The number of nitrogens with one attached hydrogen (secondary N) is 2. The summed E-state index contributed by atoms with van der Waals surface area (Å²) in [5.41, 5.74) is 6.70. The fourth-order valence-electron chi connectivity index (χ4n) is 3.14. The van der Waals surface area contributed by atoms with Crippen molar-refractivity contribution in [2.45, 2.75) is 51.6 Å². The Morgan fingerprint density at radius 1 is 1.16 bits per heavy atom. The summed E-state index contributed by atoms with van der Waals surface area (Å²) >= 11 is 1.34. The third-order valence-electron chi connectivity index (χ3n) is 4.66. The van der Waals surface area contributed by atoms with Crippen molar-refractivity contribution in [2.24, 2.45) is 0 Å². The number of ether oxygens (including phenoxy) is 1. The molecule has 2 amide bonds. The summed E-state index contributed by atoms with van der Waals surface area (Å²) < 4.78 is 5.30. The van der Waals surface area contributed by atoms with Crippen LogP contribution in [0.1, 0.15) is 58.4 Å². The minimum Gasteiger partial charge on any atom is -0.368 e. The van der Waals surface area contributed by atoms with E-state index in [1.165, 1.54) is 11.3 Å². The zero-order valence-corrected chi connectivity index (χ0v) is 15.0. The molecule has 0 aromatic carbocycles. The molecule has 2 fully saturated rings. The van der Waals surface area contributed by atoms with E-state index in [1.54, 1.807) is 0 Å². The van der Waals surface area contributed by atoms with Crippen molar-refractivity contribution in [3.05, 3.63) is 22.0 Å². The predicted molar refractivity (Wildman–Crippen MR) is 93.4 cm³/mol. The first kappa shape index (κ1) is 16.4. The lowest BCUT2D eigenvalue weighted by molar-refractivity contribution is -0.130. The highest BCUT2D eigenvalue weighted by Crippen LogP contribution is 2.40. The summed E-state index contributed by atoms with van der Waals surface area (Å²) in [5, 5.41) is 0.935. The molecule has 132 valence electrons. The van der Waals surface area contributed by atoms with Gasteiger partial charge in [-0.15, -0.1) is 11.3 Å². The Hall–Kier alpha value is -2.06. The molecule has 8 heteroatoms. The van der Waals surface area contributed by atoms with E-state index in [9.17, 15) is 9.59 Å². The molecule has 1 aliphatic carbocycles. The molecule has 1 aliphatic heterocycles. The molecule has 7 nitrogen and oxygen atoms in total. The summed E-state index contributed by atoms with van der Waals surface area (Å²) in [4.78, 5) is 35.1. The lowest BCUT2D eigenvalue weighted by atomic mass is 10.1. The van der Waals surface area contributed by atoms with Crippen molar-refractivity contribution in [3.8, 4) is 0 Å². The van der Waals surface area contributed by atoms with Gasteiger partial charge in [-0.2, -0.15) is 0 Å². The van der Waals surface area contributed by atoms with E-state index in [-0.39, 0.29) is 11.8 Å². The summed E-state index contributed by atoms with van der Waals surface area (Å²) in [6.07, 6.45) is 3.35. The van der Waals surface area contributed by atoms with Gasteiger partial charge in [-0.05, 0) is 45.1 Å². The number of carbonyl (C=O) groups is 2. The predicted octanol–water partition coefficient (Wildman–Crippen LogP) is 2.13. The van der Waals surface area contributed by atoms with Gasteiger partial charge in [0.2, 0.25) is 0 Å². The van der Waals surface area contributed by atoms with Gasteiger partial charge in [0.05, 0.1) is 10.6 Å². The fourth-order valence-corrected chi connectivity index (χ4v) is 4.27. The Morgan fingerprint density at radius 2 is 1.96 bits per heavy atom. The highest BCUT2D eigenvalue weighted by molar-refractivity contribution is 7.20. The molecule has 2 aliphatic rings. The van der Waals surface area contributed by atoms with E-state index >= 15 is 0 Å². The van der Waals surface area contributed by atoms with Crippen LogP contribution in [0.5, 0.6) is 0 Å². The SMILES string of the molecule is Cc1nc(C2CC2)nc2sc(C(=O)NNC(=O)[C@@H]3CCCO3)c(C)c12. The van der Waals surface area contributed by atoms with E-state index in [2.05, 4.69) is 20.8 Å². The largest absolute Gasteiger partial charge is 0.368 e. The maximum atomic E-state index is 12.5. The first-order chi connectivity index (χ1) is 12.0. The second kappa shape index (κ2) is 6.34. The molecule has 2 N–H and O–H groups in total. The van der Waals surface area contributed by atoms with Crippen LogP contribution in [0.4, 0.5) is 0 Å². The molecule has 1 saturated heterocycles. The number of fused-ring (bicyclic) bond motifs is 1. The molecule has 0 unspecified atom stereocenters. The van der Waals surface area contributed by atoms with E-state index < -0.39 is 6.10 Å². The van der Waals surface area contributed by atoms with E-state index in [1.807, 2.05) is 13.8 Å². The topological polar surface area (TPSA) is 93.2 Å². The average molecular weight is 360 g/mol. The maximum absolute atomic E-state index is 12.5. The van der Waals surface area contributed by atoms with Crippen LogP contribution in [0.15, 0.2) is 0 Å².